The molecule has 0 fully saturated rings. The molecule has 1 aromatic heterocycles. The van der Waals surface area contributed by atoms with Gasteiger partial charge in [0, 0.05) is 33.7 Å². The van der Waals surface area contributed by atoms with Gasteiger partial charge in [0.2, 0.25) is 0 Å². The van der Waals surface area contributed by atoms with Crippen molar-refractivity contribution in [1.29, 1.82) is 0 Å². The third-order valence-corrected chi connectivity index (χ3v) is 4.19. The largest absolute Gasteiger partial charge is 0.398 e. The average Bonchev–Trinajstić information content (AvgIpc) is 2.39. The molecule has 0 radical (unpaired) electrons. The second kappa shape index (κ2) is 6.09. The SMILES string of the molecule is Cc1cnc(CSc2ccc(F)cc2N)c(C)c1[N+](=O)[O-]. The number of nitro groups is 1. The number of rotatable bonds is 4. The van der Waals surface area contributed by atoms with Crippen LogP contribution in [-0.2, 0) is 5.75 Å². The first-order valence-electron chi connectivity index (χ1n) is 6.17. The summed E-state index contributed by atoms with van der Waals surface area (Å²) in [5.41, 5.74) is 7.88. The van der Waals surface area contributed by atoms with Crippen LogP contribution >= 0.6 is 11.8 Å². The summed E-state index contributed by atoms with van der Waals surface area (Å²) < 4.78 is 13.0. The highest BCUT2D eigenvalue weighted by Gasteiger charge is 2.18. The third-order valence-electron chi connectivity index (χ3n) is 3.09. The maximum absolute atomic E-state index is 13.0. The summed E-state index contributed by atoms with van der Waals surface area (Å²) in [5.74, 6) is 0.0418. The van der Waals surface area contributed by atoms with Crippen LogP contribution in [0.4, 0.5) is 15.8 Å². The maximum atomic E-state index is 13.0. The molecular formula is C14H14FN3O2S. The molecular weight excluding hydrogens is 293 g/mol. The van der Waals surface area contributed by atoms with Crippen LogP contribution in [-0.4, -0.2) is 9.91 Å². The van der Waals surface area contributed by atoms with Crippen molar-refractivity contribution in [3.63, 3.8) is 0 Å². The maximum Gasteiger partial charge on any atom is 0.278 e. The Morgan fingerprint density at radius 3 is 2.76 bits per heavy atom. The smallest absolute Gasteiger partial charge is 0.278 e. The zero-order chi connectivity index (χ0) is 15.6. The van der Waals surface area contributed by atoms with Gasteiger partial charge in [-0.2, -0.15) is 0 Å². The number of halogens is 1. The quantitative estimate of drug-likeness (QED) is 0.404. The molecule has 0 saturated heterocycles. The molecule has 21 heavy (non-hydrogen) atoms. The molecule has 2 aromatic rings. The van der Waals surface area contributed by atoms with Crippen LogP contribution in [0, 0.1) is 29.8 Å². The lowest BCUT2D eigenvalue weighted by Crippen LogP contribution is -2.01. The number of pyridine rings is 1. The van der Waals surface area contributed by atoms with Crippen molar-refractivity contribution in [1.82, 2.24) is 4.98 Å². The highest BCUT2D eigenvalue weighted by molar-refractivity contribution is 7.98. The van der Waals surface area contributed by atoms with Crippen LogP contribution in [0.25, 0.3) is 0 Å². The predicted molar refractivity (Wildman–Crippen MR) is 80.7 cm³/mol. The molecule has 0 aliphatic rings. The number of thioether (sulfide) groups is 1. The summed E-state index contributed by atoms with van der Waals surface area (Å²) in [6.45, 7) is 3.34. The Kier molecular flexibility index (Phi) is 4.42. The van der Waals surface area contributed by atoms with E-state index in [4.69, 9.17) is 5.73 Å². The first-order chi connectivity index (χ1) is 9.90. The topological polar surface area (TPSA) is 82.0 Å². The van der Waals surface area contributed by atoms with Gasteiger partial charge in [-0.15, -0.1) is 11.8 Å². The lowest BCUT2D eigenvalue weighted by molar-refractivity contribution is -0.386. The van der Waals surface area contributed by atoms with E-state index in [1.807, 2.05) is 0 Å². The summed E-state index contributed by atoms with van der Waals surface area (Å²) in [7, 11) is 0. The average molecular weight is 307 g/mol. The molecule has 0 saturated carbocycles. The fraction of sp³-hybridized carbons (Fsp3) is 0.214. The van der Waals surface area contributed by atoms with Crippen molar-refractivity contribution >= 4 is 23.1 Å². The van der Waals surface area contributed by atoms with Gasteiger partial charge < -0.3 is 5.73 Å². The Labute approximate surface area is 125 Å². The summed E-state index contributed by atoms with van der Waals surface area (Å²) >= 11 is 1.37. The van der Waals surface area contributed by atoms with Crippen molar-refractivity contribution in [3.8, 4) is 0 Å². The van der Waals surface area contributed by atoms with Crippen LogP contribution in [0.1, 0.15) is 16.8 Å². The van der Waals surface area contributed by atoms with E-state index >= 15 is 0 Å². The molecule has 0 aliphatic carbocycles. The van der Waals surface area contributed by atoms with Gasteiger partial charge in [-0.05, 0) is 32.0 Å². The van der Waals surface area contributed by atoms with E-state index in [-0.39, 0.29) is 5.69 Å². The fourth-order valence-electron chi connectivity index (χ4n) is 1.99. The Balaban J connectivity index is 2.24. The molecule has 0 bridgehead atoms. The van der Waals surface area contributed by atoms with Gasteiger partial charge in [0.1, 0.15) is 5.82 Å². The number of nitrogen functional groups attached to an aromatic ring is 1. The minimum Gasteiger partial charge on any atom is -0.398 e. The molecule has 0 unspecified atom stereocenters. The van der Waals surface area contributed by atoms with Crippen LogP contribution in [0.3, 0.4) is 0 Å². The standard InChI is InChI=1S/C14H14FN3O2S/c1-8-6-17-12(9(2)14(8)18(19)20)7-21-13-4-3-10(15)5-11(13)16/h3-6H,7,16H2,1-2H3. The number of hydrogen-bond acceptors (Lipinski definition) is 5. The lowest BCUT2D eigenvalue weighted by atomic mass is 10.1. The van der Waals surface area contributed by atoms with Crippen molar-refractivity contribution in [2.24, 2.45) is 0 Å². The Morgan fingerprint density at radius 1 is 1.43 bits per heavy atom. The van der Waals surface area contributed by atoms with Crippen LogP contribution < -0.4 is 5.73 Å². The van der Waals surface area contributed by atoms with E-state index in [2.05, 4.69) is 4.98 Å². The molecule has 5 nitrogen and oxygen atoms in total. The molecule has 0 spiro atoms. The van der Waals surface area contributed by atoms with E-state index in [1.165, 1.54) is 30.1 Å². The molecule has 0 amide bonds. The highest BCUT2D eigenvalue weighted by atomic mass is 32.2. The van der Waals surface area contributed by atoms with Gasteiger partial charge in [-0.25, -0.2) is 4.39 Å². The second-order valence-electron chi connectivity index (χ2n) is 4.59. The predicted octanol–water partition coefficient (Wildman–Crippen LogP) is 3.62. The Bertz CT molecular complexity index is 707. The number of anilines is 1. The third kappa shape index (κ3) is 3.30. The molecule has 2 rings (SSSR count). The summed E-state index contributed by atoms with van der Waals surface area (Å²) in [5, 5.41) is 11.1. The number of aryl methyl sites for hydroxylation is 1. The molecule has 1 aromatic carbocycles. The summed E-state index contributed by atoms with van der Waals surface area (Å²) in [6.07, 6.45) is 1.50. The van der Waals surface area contributed by atoms with Crippen LogP contribution in [0.2, 0.25) is 0 Å². The zero-order valence-electron chi connectivity index (χ0n) is 11.6. The lowest BCUT2D eigenvalue weighted by Gasteiger charge is -2.08. The molecule has 0 atom stereocenters. The molecule has 110 valence electrons. The highest BCUT2D eigenvalue weighted by Crippen LogP contribution is 2.31. The Morgan fingerprint density at radius 2 is 2.14 bits per heavy atom. The fourth-order valence-corrected chi connectivity index (χ4v) is 2.96. The molecule has 2 N–H and O–H groups in total. The van der Waals surface area contributed by atoms with Gasteiger partial charge in [-0.3, -0.25) is 15.1 Å². The van der Waals surface area contributed by atoms with Crippen molar-refractivity contribution in [3.05, 3.63) is 57.1 Å². The second-order valence-corrected chi connectivity index (χ2v) is 5.61. The number of hydrogen-bond donors (Lipinski definition) is 1. The first kappa shape index (κ1) is 15.2. The van der Waals surface area contributed by atoms with Crippen LogP contribution in [0.15, 0.2) is 29.3 Å². The van der Waals surface area contributed by atoms with E-state index in [9.17, 15) is 14.5 Å². The summed E-state index contributed by atoms with van der Waals surface area (Å²) in [4.78, 5) is 15.6. The minimum atomic E-state index is -0.396. The summed E-state index contributed by atoms with van der Waals surface area (Å²) in [6, 6.07) is 4.17. The molecule has 0 aliphatic heterocycles. The first-order valence-corrected chi connectivity index (χ1v) is 7.16. The number of benzene rings is 1. The van der Waals surface area contributed by atoms with E-state index in [0.29, 0.717) is 28.3 Å². The molecule has 1 heterocycles. The van der Waals surface area contributed by atoms with Crippen molar-refractivity contribution < 1.29 is 9.31 Å². The van der Waals surface area contributed by atoms with Gasteiger partial charge in [-0.1, -0.05) is 0 Å². The number of aromatic nitrogens is 1. The van der Waals surface area contributed by atoms with E-state index < -0.39 is 10.7 Å². The minimum absolute atomic E-state index is 0.0904. The van der Waals surface area contributed by atoms with E-state index in [1.54, 1.807) is 19.9 Å². The number of nitrogens with two attached hydrogens (primary N) is 1. The zero-order valence-corrected chi connectivity index (χ0v) is 12.4. The molecule has 7 heteroatoms. The Hall–Kier alpha value is -2.15. The number of nitrogens with zero attached hydrogens (tertiary/aromatic N) is 2. The van der Waals surface area contributed by atoms with Crippen LogP contribution in [0.5, 0.6) is 0 Å². The van der Waals surface area contributed by atoms with Gasteiger partial charge >= 0.3 is 0 Å². The van der Waals surface area contributed by atoms with Crippen molar-refractivity contribution in [2.45, 2.75) is 24.5 Å². The monoisotopic (exact) mass is 307 g/mol. The normalized spacial score (nSPS) is 10.6. The van der Waals surface area contributed by atoms with Gasteiger partial charge in [0.05, 0.1) is 10.6 Å². The van der Waals surface area contributed by atoms with Gasteiger partial charge in [0.25, 0.3) is 5.69 Å². The van der Waals surface area contributed by atoms with E-state index in [0.717, 1.165) is 4.90 Å². The van der Waals surface area contributed by atoms with Crippen molar-refractivity contribution in [2.75, 3.05) is 5.73 Å². The van der Waals surface area contributed by atoms with Gasteiger partial charge in [0.15, 0.2) is 0 Å².